The van der Waals surface area contributed by atoms with Gasteiger partial charge in [-0.2, -0.15) is 0 Å². The van der Waals surface area contributed by atoms with Crippen LogP contribution in [0.25, 0.3) is 0 Å². The zero-order valence-electron chi connectivity index (χ0n) is 10.5. The quantitative estimate of drug-likeness (QED) is 0.813. The fraction of sp³-hybridized carbons (Fsp3) is 0.462. The zero-order valence-corrected chi connectivity index (χ0v) is 10.5. The predicted molar refractivity (Wildman–Crippen MR) is 67.0 cm³/mol. The van der Waals surface area contributed by atoms with Gasteiger partial charge >= 0.3 is 0 Å². The first-order valence-electron chi connectivity index (χ1n) is 6.12. The standard InChI is InChI=1S/C13H17FN2O3/c14-12-5-9(13(15)18)1-2-10(12)6-16-3-4-19-8-11(16)7-17/h1-2,5,11,17H,3-4,6-8H2,(H2,15,18). The van der Waals surface area contributed by atoms with Gasteiger partial charge in [-0.3, -0.25) is 9.69 Å². The van der Waals surface area contributed by atoms with Gasteiger partial charge in [0.15, 0.2) is 0 Å². The minimum Gasteiger partial charge on any atom is -0.395 e. The predicted octanol–water partition coefficient (Wildman–Crippen LogP) is 0.118. The molecule has 1 amide bonds. The Morgan fingerprint density at radius 3 is 3.00 bits per heavy atom. The van der Waals surface area contributed by atoms with Crippen molar-refractivity contribution in [2.24, 2.45) is 5.73 Å². The van der Waals surface area contributed by atoms with Crippen molar-refractivity contribution in [2.75, 3.05) is 26.4 Å². The molecule has 3 N–H and O–H groups in total. The average molecular weight is 268 g/mol. The van der Waals surface area contributed by atoms with E-state index in [-0.39, 0.29) is 18.2 Å². The highest BCUT2D eigenvalue weighted by Crippen LogP contribution is 2.16. The molecule has 0 saturated carbocycles. The van der Waals surface area contributed by atoms with Gasteiger partial charge in [-0.25, -0.2) is 4.39 Å². The van der Waals surface area contributed by atoms with Gasteiger partial charge in [0, 0.05) is 24.2 Å². The van der Waals surface area contributed by atoms with Gasteiger partial charge in [-0.1, -0.05) is 6.07 Å². The van der Waals surface area contributed by atoms with Crippen molar-refractivity contribution in [3.63, 3.8) is 0 Å². The minimum absolute atomic E-state index is 0.0268. The Morgan fingerprint density at radius 1 is 1.58 bits per heavy atom. The Bertz CT molecular complexity index is 467. The fourth-order valence-corrected chi connectivity index (χ4v) is 2.11. The zero-order chi connectivity index (χ0) is 13.8. The van der Waals surface area contributed by atoms with E-state index < -0.39 is 11.7 Å². The molecule has 1 fully saturated rings. The second kappa shape index (κ2) is 6.10. The van der Waals surface area contributed by atoms with Crippen molar-refractivity contribution in [3.05, 3.63) is 35.1 Å². The summed E-state index contributed by atoms with van der Waals surface area (Å²) in [6.45, 7) is 2.00. The largest absolute Gasteiger partial charge is 0.395 e. The highest BCUT2D eigenvalue weighted by atomic mass is 19.1. The van der Waals surface area contributed by atoms with E-state index in [1.165, 1.54) is 6.07 Å². The van der Waals surface area contributed by atoms with Crippen LogP contribution < -0.4 is 5.73 Å². The van der Waals surface area contributed by atoms with Gasteiger partial charge in [-0.15, -0.1) is 0 Å². The summed E-state index contributed by atoms with van der Waals surface area (Å²) < 4.78 is 19.1. The van der Waals surface area contributed by atoms with Crippen molar-refractivity contribution in [1.29, 1.82) is 0 Å². The van der Waals surface area contributed by atoms with E-state index in [4.69, 9.17) is 10.5 Å². The maximum absolute atomic E-state index is 13.9. The molecule has 104 valence electrons. The Morgan fingerprint density at radius 2 is 2.37 bits per heavy atom. The topological polar surface area (TPSA) is 75.8 Å². The Hall–Kier alpha value is -1.50. The lowest BCUT2D eigenvalue weighted by Crippen LogP contribution is -2.46. The van der Waals surface area contributed by atoms with E-state index in [2.05, 4.69) is 0 Å². The van der Waals surface area contributed by atoms with Gasteiger partial charge in [0.25, 0.3) is 0 Å². The second-order valence-corrected chi connectivity index (χ2v) is 4.55. The van der Waals surface area contributed by atoms with E-state index in [1.807, 2.05) is 4.90 Å². The summed E-state index contributed by atoms with van der Waals surface area (Å²) in [5, 5.41) is 9.25. The lowest BCUT2D eigenvalue weighted by Gasteiger charge is -2.34. The summed E-state index contributed by atoms with van der Waals surface area (Å²) in [7, 11) is 0. The van der Waals surface area contributed by atoms with E-state index in [1.54, 1.807) is 6.07 Å². The third-order valence-corrected chi connectivity index (χ3v) is 3.27. The van der Waals surface area contributed by atoms with Crippen LogP contribution in [0.3, 0.4) is 0 Å². The number of hydrogen-bond donors (Lipinski definition) is 2. The van der Waals surface area contributed by atoms with Crippen LogP contribution in [-0.2, 0) is 11.3 Å². The molecule has 1 aromatic rings. The van der Waals surface area contributed by atoms with Gasteiger partial charge in [0.05, 0.1) is 25.9 Å². The minimum atomic E-state index is -0.648. The van der Waals surface area contributed by atoms with Crippen molar-refractivity contribution < 1.29 is 19.0 Å². The third-order valence-electron chi connectivity index (χ3n) is 3.27. The van der Waals surface area contributed by atoms with Crippen molar-refractivity contribution in [3.8, 4) is 0 Å². The first-order valence-corrected chi connectivity index (χ1v) is 6.12. The lowest BCUT2D eigenvalue weighted by molar-refractivity contribution is -0.0316. The van der Waals surface area contributed by atoms with Crippen LogP contribution in [0.4, 0.5) is 4.39 Å². The average Bonchev–Trinajstić information content (AvgIpc) is 2.41. The van der Waals surface area contributed by atoms with Crippen molar-refractivity contribution in [2.45, 2.75) is 12.6 Å². The number of aliphatic hydroxyl groups excluding tert-OH is 1. The van der Waals surface area contributed by atoms with Crippen molar-refractivity contribution in [1.82, 2.24) is 4.90 Å². The molecule has 1 unspecified atom stereocenters. The molecule has 6 heteroatoms. The highest BCUT2D eigenvalue weighted by Gasteiger charge is 2.23. The number of ether oxygens (including phenoxy) is 1. The molecule has 1 atom stereocenters. The van der Waals surface area contributed by atoms with E-state index in [9.17, 15) is 14.3 Å². The van der Waals surface area contributed by atoms with Crippen molar-refractivity contribution >= 4 is 5.91 Å². The molecule has 1 aliphatic heterocycles. The highest BCUT2D eigenvalue weighted by molar-refractivity contribution is 5.92. The first-order chi connectivity index (χ1) is 9.11. The Labute approximate surface area is 110 Å². The van der Waals surface area contributed by atoms with Crippen LogP contribution in [-0.4, -0.2) is 48.3 Å². The summed E-state index contributed by atoms with van der Waals surface area (Å²) >= 11 is 0. The van der Waals surface area contributed by atoms with Crippen LogP contribution >= 0.6 is 0 Å². The second-order valence-electron chi connectivity index (χ2n) is 4.55. The SMILES string of the molecule is NC(=O)c1ccc(CN2CCOCC2CO)c(F)c1. The number of morpholine rings is 1. The molecule has 2 rings (SSSR count). The number of carbonyl (C=O) groups excluding carboxylic acids is 1. The monoisotopic (exact) mass is 268 g/mol. The molecule has 0 spiro atoms. The summed E-state index contributed by atoms with van der Waals surface area (Å²) in [4.78, 5) is 12.9. The van der Waals surface area contributed by atoms with Gasteiger partial charge < -0.3 is 15.6 Å². The number of amides is 1. The number of benzene rings is 1. The van der Waals surface area contributed by atoms with E-state index in [0.717, 1.165) is 6.07 Å². The third kappa shape index (κ3) is 3.28. The van der Waals surface area contributed by atoms with Crippen LogP contribution in [0.15, 0.2) is 18.2 Å². The molecule has 0 aromatic heterocycles. The molecular formula is C13H17FN2O3. The summed E-state index contributed by atoms with van der Waals surface area (Å²) in [6.07, 6.45) is 0. The van der Waals surface area contributed by atoms with Crippen LogP contribution in [0.5, 0.6) is 0 Å². The lowest BCUT2D eigenvalue weighted by atomic mass is 10.1. The molecule has 1 heterocycles. The number of nitrogens with zero attached hydrogens (tertiary/aromatic N) is 1. The van der Waals surface area contributed by atoms with Gasteiger partial charge in [0.2, 0.25) is 5.91 Å². The molecule has 0 bridgehead atoms. The number of halogens is 1. The molecule has 0 radical (unpaired) electrons. The molecule has 1 aliphatic rings. The number of rotatable bonds is 4. The normalized spacial score (nSPS) is 20.4. The summed E-state index contributed by atoms with van der Waals surface area (Å²) in [5.41, 5.74) is 5.73. The molecular weight excluding hydrogens is 251 g/mol. The van der Waals surface area contributed by atoms with Gasteiger partial charge in [-0.05, 0) is 12.1 Å². The number of nitrogens with two attached hydrogens (primary N) is 1. The van der Waals surface area contributed by atoms with Crippen LogP contribution in [0.2, 0.25) is 0 Å². The fourth-order valence-electron chi connectivity index (χ4n) is 2.11. The molecule has 1 saturated heterocycles. The molecule has 1 aromatic carbocycles. The number of aliphatic hydroxyl groups is 1. The summed E-state index contributed by atoms with van der Waals surface area (Å²) in [6, 6.07) is 4.09. The molecule has 0 aliphatic carbocycles. The van der Waals surface area contributed by atoms with Crippen LogP contribution in [0, 0.1) is 5.82 Å². The summed E-state index contributed by atoms with van der Waals surface area (Å²) in [5.74, 6) is -1.11. The van der Waals surface area contributed by atoms with Gasteiger partial charge in [0.1, 0.15) is 5.82 Å². The molecule has 5 nitrogen and oxygen atoms in total. The Balaban J connectivity index is 2.11. The van der Waals surface area contributed by atoms with Crippen LogP contribution in [0.1, 0.15) is 15.9 Å². The maximum atomic E-state index is 13.9. The Kier molecular flexibility index (Phi) is 4.47. The maximum Gasteiger partial charge on any atom is 0.248 e. The number of primary amides is 1. The first kappa shape index (κ1) is 13.9. The smallest absolute Gasteiger partial charge is 0.248 e. The number of carbonyl (C=O) groups is 1. The number of hydrogen-bond acceptors (Lipinski definition) is 4. The van der Waals surface area contributed by atoms with E-state index >= 15 is 0 Å². The van der Waals surface area contributed by atoms with E-state index in [0.29, 0.717) is 31.9 Å². The molecule has 19 heavy (non-hydrogen) atoms.